The Bertz CT molecular complexity index is 1010. The summed E-state index contributed by atoms with van der Waals surface area (Å²) in [6.07, 6.45) is 0.483. The van der Waals surface area contributed by atoms with E-state index < -0.39 is 0 Å². The smallest absolute Gasteiger partial charge is 0.224 e. The molecule has 0 unspecified atom stereocenters. The first-order chi connectivity index (χ1) is 11.3. The molecule has 0 heterocycles. The van der Waals surface area contributed by atoms with Gasteiger partial charge >= 0.3 is 0 Å². The van der Waals surface area contributed by atoms with Crippen molar-refractivity contribution in [1.82, 2.24) is 0 Å². The van der Waals surface area contributed by atoms with Crippen LogP contribution in [0, 0.1) is 0 Å². The monoisotopic (exact) mass is 299 g/mol. The zero-order valence-corrected chi connectivity index (χ0v) is 13.0. The molecule has 0 atom stereocenters. The average molecular weight is 299 g/mol. The Morgan fingerprint density at radius 2 is 1.22 bits per heavy atom. The highest BCUT2D eigenvalue weighted by Gasteiger charge is 2.09. The number of anilines is 1. The van der Waals surface area contributed by atoms with E-state index in [-0.39, 0.29) is 5.91 Å². The van der Waals surface area contributed by atoms with E-state index in [0.29, 0.717) is 6.42 Å². The topological polar surface area (TPSA) is 29.1 Å². The lowest BCUT2D eigenvalue weighted by molar-refractivity contribution is -0.115. The molecule has 1 N–H and O–H groups in total. The number of nitrogens with one attached hydrogen (secondary N) is 1. The van der Waals surface area contributed by atoms with E-state index >= 15 is 0 Å². The molecule has 2 nitrogen and oxygen atoms in total. The maximum Gasteiger partial charge on any atom is 0.224 e. The minimum Gasteiger partial charge on any atom is -0.326 e. The summed E-state index contributed by atoms with van der Waals surface area (Å²) in [4.78, 5) is 11.7. The van der Waals surface area contributed by atoms with E-state index in [2.05, 4.69) is 66.0 Å². The van der Waals surface area contributed by atoms with Gasteiger partial charge in [-0.1, -0.05) is 61.5 Å². The summed E-state index contributed by atoms with van der Waals surface area (Å²) in [5.41, 5.74) is 0.852. The van der Waals surface area contributed by atoms with Crippen molar-refractivity contribution in [3.63, 3.8) is 0 Å². The Morgan fingerprint density at radius 3 is 1.74 bits per heavy atom. The van der Waals surface area contributed by atoms with E-state index in [1.54, 1.807) is 0 Å². The largest absolute Gasteiger partial charge is 0.326 e. The van der Waals surface area contributed by atoms with Gasteiger partial charge < -0.3 is 5.32 Å². The quantitative estimate of drug-likeness (QED) is 0.487. The van der Waals surface area contributed by atoms with Gasteiger partial charge in [-0.3, -0.25) is 4.79 Å². The highest BCUT2D eigenvalue weighted by atomic mass is 16.1. The van der Waals surface area contributed by atoms with Gasteiger partial charge in [0.15, 0.2) is 0 Å². The zero-order chi connectivity index (χ0) is 15.8. The fraction of sp³-hybridized carbons (Fsp3) is 0.0952. The molecule has 1 amide bonds. The van der Waals surface area contributed by atoms with Gasteiger partial charge in [0, 0.05) is 12.1 Å². The van der Waals surface area contributed by atoms with Crippen molar-refractivity contribution in [3.8, 4) is 0 Å². The van der Waals surface area contributed by atoms with Crippen LogP contribution in [-0.2, 0) is 4.79 Å². The molecule has 0 aromatic heterocycles. The number of rotatable bonds is 2. The van der Waals surface area contributed by atoms with Gasteiger partial charge in [0.05, 0.1) is 0 Å². The Hall–Kier alpha value is -2.87. The number of benzene rings is 4. The van der Waals surface area contributed by atoms with Crippen molar-refractivity contribution in [2.75, 3.05) is 5.32 Å². The van der Waals surface area contributed by atoms with Crippen molar-refractivity contribution in [2.24, 2.45) is 0 Å². The van der Waals surface area contributed by atoms with E-state index in [1.807, 2.05) is 13.0 Å². The average Bonchev–Trinajstić information content (AvgIpc) is 2.62. The summed E-state index contributed by atoms with van der Waals surface area (Å²) < 4.78 is 0. The normalized spacial score (nSPS) is 11.2. The molecule has 4 aromatic carbocycles. The third-order valence-corrected chi connectivity index (χ3v) is 4.35. The minimum absolute atomic E-state index is 0.0365. The number of carbonyl (C=O) groups excluding carboxylic acids is 1. The number of hydrogen-bond donors (Lipinski definition) is 1. The molecule has 112 valence electrons. The summed E-state index contributed by atoms with van der Waals surface area (Å²) in [7, 11) is 0. The third kappa shape index (κ3) is 2.23. The Morgan fingerprint density at radius 1 is 0.739 bits per heavy atom. The Labute approximate surface area is 134 Å². The number of hydrogen-bond acceptors (Lipinski definition) is 1. The van der Waals surface area contributed by atoms with Crippen LogP contribution in [0.25, 0.3) is 32.3 Å². The molecule has 0 spiro atoms. The van der Waals surface area contributed by atoms with Gasteiger partial charge in [0.25, 0.3) is 0 Å². The standard InChI is InChI=1S/C21H17NO/c1-2-21(23)22-14-11-12-19-17-9-4-3-7-15(17)16-8-5-6-10-18(16)20(19)13-14/h3-13H,2H2,1H3,(H,22,23). The lowest BCUT2D eigenvalue weighted by Gasteiger charge is -2.12. The number of carbonyl (C=O) groups is 1. The van der Waals surface area contributed by atoms with Crippen LogP contribution in [0.5, 0.6) is 0 Å². The second kappa shape index (κ2) is 5.40. The zero-order valence-electron chi connectivity index (χ0n) is 13.0. The molecule has 0 aliphatic heterocycles. The van der Waals surface area contributed by atoms with Gasteiger partial charge in [-0.15, -0.1) is 0 Å². The molecule has 0 aliphatic rings. The molecule has 0 saturated heterocycles. The van der Waals surface area contributed by atoms with Crippen LogP contribution in [0.4, 0.5) is 5.69 Å². The maximum absolute atomic E-state index is 11.7. The third-order valence-electron chi connectivity index (χ3n) is 4.35. The summed E-state index contributed by atoms with van der Waals surface area (Å²) in [6, 6.07) is 23.1. The Balaban J connectivity index is 2.10. The second-order valence-electron chi connectivity index (χ2n) is 5.75. The number of amides is 1. The molecule has 4 aromatic rings. The molecular formula is C21H17NO. The molecule has 2 heteroatoms. The van der Waals surface area contributed by atoms with Gasteiger partial charge in [0.2, 0.25) is 5.91 Å². The van der Waals surface area contributed by atoms with Crippen LogP contribution in [0.2, 0.25) is 0 Å². The van der Waals surface area contributed by atoms with Crippen molar-refractivity contribution >= 4 is 43.9 Å². The second-order valence-corrected chi connectivity index (χ2v) is 5.75. The first kappa shape index (κ1) is 13.8. The van der Waals surface area contributed by atoms with Crippen LogP contribution in [0.1, 0.15) is 13.3 Å². The van der Waals surface area contributed by atoms with Crippen LogP contribution in [0.15, 0.2) is 66.7 Å². The first-order valence-electron chi connectivity index (χ1n) is 7.91. The van der Waals surface area contributed by atoms with Crippen molar-refractivity contribution in [1.29, 1.82) is 0 Å². The van der Waals surface area contributed by atoms with E-state index in [1.165, 1.54) is 32.3 Å². The van der Waals surface area contributed by atoms with Crippen molar-refractivity contribution in [2.45, 2.75) is 13.3 Å². The summed E-state index contributed by atoms with van der Waals surface area (Å²) in [6.45, 7) is 1.86. The Kier molecular flexibility index (Phi) is 3.23. The summed E-state index contributed by atoms with van der Waals surface area (Å²) >= 11 is 0. The van der Waals surface area contributed by atoms with Crippen LogP contribution in [0.3, 0.4) is 0 Å². The van der Waals surface area contributed by atoms with Crippen LogP contribution < -0.4 is 5.32 Å². The molecule has 0 bridgehead atoms. The maximum atomic E-state index is 11.7. The lowest BCUT2D eigenvalue weighted by atomic mass is 9.94. The summed E-state index contributed by atoms with van der Waals surface area (Å²) in [5, 5.41) is 10.3. The van der Waals surface area contributed by atoms with Crippen molar-refractivity contribution in [3.05, 3.63) is 66.7 Å². The van der Waals surface area contributed by atoms with Gasteiger partial charge in [-0.2, -0.15) is 0 Å². The fourth-order valence-corrected chi connectivity index (χ4v) is 3.23. The molecular weight excluding hydrogens is 282 g/mol. The number of fused-ring (bicyclic) bond motifs is 6. The SMILES string of the molecule is CCC(=O)Nc1ccc2c3ccccc3c3ccccc3c2c1. The molecule has 0 aliphatic carbocycles. The van der Waals surface area contributed by atoms with Gasteiger partial charge in [-0.25, -0.2) is 0 Å². The molecule has 23 heavy (non-hydrogen) atoms. The first-order valence-corrected chi connectivity index (χ1v) is 7.91. The molecule has 0 fully saturated rings. The predicted molar refractivity (Wildman–Crippen MR) is 97.9 cm³/mol. The van der Waals surface area contributed by atoms with Crippen LogP contribution in [-0.4, -0.2) is 5.91 Å². The van der Waals surface area contributed by atoms with Gasteiger partial charge in [0.1, 0.15) is 0 Å². The fourth-order valence-electron chi connectivity index (χ4n) is 3.23. The highest BCUT2D eigenvalue weighted by Crippen LogP contribution is 2.35. The van der Waals surface area contributed by atoms with E-state index in [0.717, 1.165) is 5.69 Å². The summed E-state index contributed by atoms with van der Waals surface area (Å²) in [5.74, 6) is 0.0365. The molecule has 0 radical (unpaired) electrons. The molecule has 4 rings (SSSR count). The minimum atomic E-state index is 0.0365. The van der Waals surface area contributed by atoms with E-state index in [4.69, 9.17) is 0 Å². The van der Waals surface area contributed by atoms with Gasteiger partial charge in [-0.05, 0) is 44.5 Å². The van der Waals surface area contributed by atoms with Crippen LogP contribution >= 0.6 is 0 Å². The van der Waals surface area contributed by atoms with E-state index in [9.17, 15) is 4.79 Å². The van der Waals surface area contributed by atoms with Crippen molar-refractivity contribution < 1.29 is 4.79 Å². The highest BCUT2D eigenvalue weighted by molar-refractivity contribution is 6.25. The lowest BCUT2D eigenvalue weighted by Crippen LogP contribution is -2.09. The molecule has 0 saturated carbocycles. The predicted octanol–water partition coefficient (Wildman–Crippen LogP) is 5.49.